The van der Waals surface area contributed by atoms with Crippen molar-refractivity contribution < 1.29 is 4.39 Å². The second-order valence-corrected chi connectivity index (χ2v) is 4.68. The Labute approximate surface area is 96.3 Å². The second kappa shape index (κ2) is 5.39. The average molecular weight is 222 g/mol. The summed E-state index contributed by atoms with van der Waals surface area (Å²) in [6.07, 6.45) is 6.74. The van der Waals surface area contributed by atoms with Gasteiger partial charge in [0.15, 0.2) is 0 Å². The lowest BCUT2D eigenvalue weighted by molar-refractivity contribution is 0.277. The van der Waals surface area contributed by atoms with E-state index in [9.17, 15) is 4.39 Å². The second-order valence-electron chi connectivity index (χ2n) is 4.68. The highest BCUT2D eigenvalue weighted by atomic mass is 19.1. The van der Waals surface area contributed by atoms with Gasteiger partial charge in [-0.05, 0) is 30.9 Å². The minimum absolute atomic E-state index is 0.210. The highest BCUT2D eigenvalue weighted by molar-refractivity contribution is 5.06. The lowest BCUT2D eigenvalue weighted by Crippen LogP contribution is -2.37. The van der Waals surface area contributed by atoms with Gasteiger partial charge in [0.05, 0.1) is 5.69 Å². The molecule has 2 unspecified atom stereocenters. The number of nitrogens with one attached hydrogen (secondary N) is 1. The van der Waals surface area contributed by atoms with Crippen molar-refractivity contribution in [3.8, 4) is 0 Å². The lowest BCUT2D eigenvalue weighted by atomic mass is 9.86. The summed E-state index contributed by atoms with van der Waals surface area (Å²) in [6, 6.07) is 3.62. The van der Waals surface area contributed by atoms with Crippen molar-refractivity contribution in [1.82, 2.24) is 10.3 Å². The molecule has 1 aromatic rings. The fourth-order valence-corrected chi connectivity index (χ4v) is 2.40. The van der Waals surface area contributed by atoms with Crippen LogP contribution >= 0.6 is 0 Å². The quantitative estimate of drug-likeness (QED) is 0.850. The molecule has 0 aliphatic heterocycles. The van der Waals surface area contributed by atoms with Crippen molar-refractivity contribution in [2.45, 2.75) is 45.2 Å². The number of hydrogen-bond acceptors (Lipinski definition) is 2. The molecule has 0 amide bonds. The van der Waals surface area contributed by atoms with Gasteiger partial charge in [-0.1, -0.05) is 19.8 Å². The van der Waals surface area contributed by atoms with Gasteiger partial charge in [0, 0.05) is 18.8 Å². The van der Waals surface area contributed by atoms with Crippen LogP contribution in [0.25, 0.3) is 0 Å². The van der Waals surface area contributed by atoms with Crippen molar-refractivity contribution in [2.24, 2.45) is 5.92 Å². The van der Waals surface area contributed by atoms with Crippen molar-refractivity contribution in [2.75, 3.05) is 0 Å². The Morgan fingerprint density at radius 3 is 3.00 bits per heavy atom. The van der Waals surface area contributed by atoms with Crippen molar-refractivity contribution in [3.05, 3.63) is 29.8 Å². The van der Waals surface area contributed by atoms with Crippen LogP contribution in [0, 0.1) is 11.7 Å². The Kier molecular flexibility index (Phi) is 3.88. The molecule has 1 heterocycles. The average Bonchev–Trinajstić information content (AvgIpc) is 2.30. The summed E-state index contributed by atoms with van der Waals surface area (Å²) in [6.45, 7) is 2.81. The summed E-state index contributed by atoms with van der Waals surface area (Å²) in [5.41, 5.74) is 0.528. The van der Waals surface area contributed by atoms with Crippen LogP contribution in [0.2, 0.25) is 0 Å². The van der Waals surface area contributed by atoms with Crippen LogP contribution in [0.3, 0.4) is 0 Å². The van der Waals surface area contributed by atoms with E-state index in [0.29, 0.717) is 24.2 Å². The zero-order valence-corrected chi connectivity index (χ0v) is 9.75. The molecule has 1 fully saturated rings. The summed E-state index contributed by atoms with van der Waals surface area (Å²) in [5.74, 6) is 0.485. The fraction of sp³-hybridized carbons (Fsp3) is 0.615. The highest BCUT2D eigenvalue weighted by Gasteiger charge is 2.20. The number of aromatic nitrogens is 1. The van der Waals surface area contributed by atoms with Gasteiger partial charge in [-0.15, -0.1) is 0 Å². The van der Waals surface area contributed by atoms with Crippen LogP contribution in [-0.2, 0) is 6.54 Å². The number of nitrogens with zero attached hydrogens (tertiary/aromatic N) is 1. The van der Waals surface area contributed by atoms with Crippen LogP contribution in [0.5, 0.6) is 0 Å². The molecule has 1 aliphatic rings. The predicted molar refractivity (Wildman–Crippen MR) is 62.5 cm³/mol. The fourth-order valence-electron chi connectivity index (χ4n) is 2.40. The highest BCUT2D eigenvalue weighted by Crippen LogP contribution is 2.23. The van der Waals surface area contributed by atoms with E-state index in [-0.39, 0.29) is 5.82 Å². The standard InChI is InChI=1S/C13H19FN2/c1-10-5-2-3-7-12(10)16-9-13-11(14)6-4-8-15-13/h4,6,8,10,12,16H,2-3,5,7,9H2,1H3. The van der Waals surface area contributed by atoms with E-state index in [0.717, 1.165) is 0 Å². The van der Waals surface area contributed by atoms with E-state index in [4.69, 9.17) is 0 Å². The molecule has 16 heavy (non-hydrogen) atoms. The molecule has 2 rings (SSSR count). The zero-order chi connectivity index (χ0) is 11.4. The van der Waals surface area contributed by atoms with Gasteiger partial charge in [-0.2, -0.15) is 0 Å². The van der Waals surface area contributed by atoms with Gasteiger partial charge in [0.2, 0.25) is 0 Å². The number of hydrogen-bond donors (Lipinski definition) is 1. The molecule has 0 saturated heterocycles. The van der Waals surface area contributed by atoms with Crippen LogP contribution in [0.4, 0.5) is 4.39 Å². The number of pyridine rings is 1. The van der Waals surface area contributed by atoms with Gasteiger partial charge in [0.25, 0.3) is 0 Å². The third-order valence-corrected chi connectivity index (χ3v) is 3.48. The monoisotopic (exact) mass is 222 g/mol. The van der Waals surface area contributed by atoms with Gasteiger partial charge in [-0.3, -0.25) is 4.98 Å². The Morgan fingerprint density at radius 2 is 2.25 bits per heavy atom. The maximum absolute atomic E-state index is 13.3. The van der Waals surface area contributed by atoms with E-state index in [1.807, 2.05) is 0 Å². The van der Waals surface area contributed by atoms with Gasteiger partial charge >= 0.3 is 0 Å². The summed E-state index contributed by atoms with van der Waals surface area (Å²) in [4.78, 5) is 4.05. The summed E-state index contributed by atoms with van der Waals surface area (Å²) in [7, 11) is 0. The van der Waals surface area contributed by atoms with Gasteiger partial charge in [-0.25, -0.2) is 4.39 Å². The van der Waals surface area contributed by atoms with Gasteiger partial charge in [0.1, 0.15) is 5.82 Å². The minimum Gasteiger partial charge on any atom is -0.308 e. The van der Waals surface area contributed by atoms with E-state index < -0.39 is 0 Å². The molecule has 1 aromatic heterocycles. The van der Waals surface area contributed by atoms with Crippen LogP contribution in [-0.4, -0.2) is 11.0 Å². The Balaban J connectivity index is 1.89. The summed E-state index contributed by atoms with van der Waals surface area (Å²) >= 11 is 0. The van der Waals surface area contributed by atoms with E-state index in [1.165, 1.54) is 31.7 Å². The molecule has 2 nitrogen and oxygen atoms in total. The summed E-state index contributed by atoms with van der Waals surface area (Å²) < 4.78 is 13.3. The Hall–Kier alpha value is -0.960. The third-order valence-electron chi connectivity index (χ3n) is 3.48. The first-order valence-electron chi connectivity index (χ1n) is 6.10. The van der Waals surface area contributed by atoms with Crippen molar-refractivity contribution in [3.63, 3.8) is 0 Å². The molecule has 0 aromatic carbocycles. The maximum Gasteiger partial charge on any atom is 0.146 e. The van der Waals surface area contributed by atoms with Crippen LogP contribution < -0.4 is 5.32 Å². The van der Waals surface area contributed by atoms with Crippen LogP contribution in [0.15, 0.2) is 18.3 Å². The van der Waals surface area contributed by atoms with E-state index >= 15 is 0 Å². The molecule has 1 aliphatic carbocycles. The molecule has 0 radical (unpaired) electrons. The Bertz CT molecular complexity index is 340. The topological polar surface area (TPSA) is 24.9 Å². The smallest absolute Gasteiger partial charge is 0.146 e. The molecule has 0 spiro atoms. The molecule has 2 atom stereocenters. The lowest BCUT2D eigenvalue weighted by Gasteiger charge is -2.29. The number of halogens is 1. The first kappa shape index (κ1) is 11.5. The van der Waals surface area contributed by atoms with E-state index in [1.54, 1.807) is 12.3 Å². The van der Waals surface area contributed by atoms with E-state index in [2.05, 4.69) is 17.2 Å². The Morgan fingerprint density at radius 1 is 1.44 bits per heavy atom. The first-order valence-corrected chi connectivity index (χ1v) is 6.10. The van der Waals surface area contributed by atoms with Crippen molar-refractivity contribution in [1.29, 1.82) is 0 Å². The van der Waals surface area contributed by atoms with Crippen LogP contribution in [0.1, 0.15) is 38.3 Å². The molecule has 1 saturated carbocycles. The third kappa shape index (κ3) is 2.79. The first-order chi connectivity index (χ1) is 7.77. The number of rotatable bonds is 3. The molecular weight excluding hydrogens is 203 g/mol. The van der Waals surface area contributed by atoms with Gasteiger partial charge < -0.3 is 5.32 Å². The SMILES string of the molecule is CC1CCCCC1NCc1ncccc1F. The molecular formula is C13H19FN2. The molecule has 88 valence electrons. The zero-order valence-electron chi connectivity index (χ0n) is 9.75. The predicted octanol–water partition coefficient (Wildman–Crippen LogP) is 2.89. The van der Waals surface area contributed by atoms with Crippen molar-refractivity contribution >= 4 is 0 Å². The largest absolute Gasteiger partial charge is 0.308 e. The normalized spacial score (nSPS) is 25.6. The minimum atomic E-state index is -0.210. The molecule has 1 N–H and O–H groups in total. The summed E-state index contributed by atoms with van der Waals surface area (Å²) in [5, 5.41) is 3.43. The molecule has 0 bridgehead atoms. The molecule has 3 heteroatoms. The maximum atomic E-state index is 13.3.